The summed E-state index contributed by atoms with van der Waals surface area (Å²) in [6.45, 7) is 6.92. The second-order valence-electron chi connectivity index (χ2n) is 8.91. The summed E-state index contributed by atoms with van der Waals surface area (Å²) in [5, 5.41) is 14.0. The van der Waals surface area contributed by atoms with Crippen molar-refractivity contribution in [1.29, 1.82) is 0 Å². The molecule has 4 rings (SSSR count). The van der Waals surface area contributed by atoms with E-state index < -0.39 is 11.7 Å². The molecule has 3 fully saturated rings. The number of nitrogens with zero attached hydrogens (tertiary/aromatic N) is 2. The van der Waals surface area contributed by atoms with Gasteiger partial charge in [-0.15, -0.1) is 0 Å². The van der Waals surface area contributed by atoms with E-state index >= 15 is 0 Å². The molecular formula is C22H33N3O4. The van der Waals surface area contributed by atoms with Gasteiger partial charge in [-0.2, -0.15) is 0 Å². The van der Waals surface area contributed by atoms with Gasteiger partial charge < -0.3 is 24.8 Å². The van der Waals surface area contributed by atoms with E-state index in [1.54, 1.807) is 7.11 Å². The lowest BCUT2D eigenvalue weighted by molar-refractivity contribution is -0.157. The zero-order valence-corrected chi connectivity index (χ0v) is 17.7. The normalized spacial score (nSPS) is 31.4. The Bertz CT molecular complexity index is 750. The van der Waals surface area contributed by atoms with Gasteiger partial charge in [-0.1, -0.05) is 0 Å². The minimum atomic E-state index is -0.696. The molecule has 2 N–H and O–H groups in total. The summed E-state index contributed by atoms with van der Waals surface area (Å²) in [7, 11) is 1.65. The molecule has 3 heterocycles. The highest BCUT2D eigenvalue weighted by Crippen LogP contribution is 2.40. The molecule has 2 aliphatic heterocycles. The predicted molar refractivity (Wildman–Crippen MR) is 109 cm³/mol. The highest BCUT2D eigenvalue weighted by molar-refractivity contribution is 5.85. The number of methoxy groups -OCH3 is 1. The SMILES string of the molecule is COC1(C(=O)N2C[C@H]3C[C@@H](Oc4ccc(C)nc4C)[C@H](O)C[C@H]3C2)CCNCC1. The molecule has 7 nitrogen and oxygen atoms in total. The smallest absolute Gasteiger partial charge is 0.254 e. The van der Waals surface area contributed by atoms with Crippen molar-refractivity contribution < 1.29 is 19.4 Å². The van der Waals surface area contributed by atoms with Gasteiger partial charge in [0.2, 0.25) is 0 Å². The summed E-state index contributed by atoms with van der Waals surface area (Å²) in [6.07, 6.45) is 2.06. The molecule has 0 aromatic carbocycles. The third-order valence-corrected chi connectivity index (χ3v) is 7.02. The van der Waals surface area contributed by atoms with Crippen LogP contribution in [0.3, 0.4) is 0 Å². The lowest BCUT2D eigenvalue weighted by Gasteiger charge is -2.37. The Morgan fingerprint density at radius 1 is 1.21 bits per heavy atom. The van der Waals surface area contributed by atoms with Crippen molar-refractivity contribution in [2.75, 3.05) is 33.3 Å². The minimum absolute atomic E-state index is 0.112. The van der Waals surface area contributed by atoms with Crippen LogP contribution in [-0.4, -0.2) is 72.0 Å². The van der Waals surface area contributed by atoms with Gasteiger partial charge in [0.05, 0.1) is 11.8 Å². The lowest BCUT2D eigenvalue weighted by Crippen LogP contribution is -2.55. The Kier molecular flexibility index (Phi) is 5.82. The van der Waals surface area contributed by atoms with Crippen LogP contribution in [0.2, 0.25) is 0 Å². The maximum absolute atomic E-state index is 13.3. The third kappa shape index (κ3) is 4.00. The summed E-state index contributed by atoms with van der Waals surface area (Å²) in [6, 6.07) is 3.86. The van der Waals surface area contributed by atoms with Crippen LogP contribution >= 0.6 is 0 Å². The van der Waals surface area contributed by atoms with Gasteiger partial charge >= 0.3 is 0 Å². The van der Waals surface area contributed by atoms with E-state index in [-0.39, 0.29) is 12.0 Å². The zero-order valence-electron chi connectivity index (χ0n) is 17.7. The molecule has 0 radical (unpaired) electrons. The lowest BCUT2D eigenvalue weighted by atomic mass is 9.78. The van der Waals surface area contributed by atoms with Crippen molar-refractivity contribution in [3.63, 3.8) is 0 Å². The number of aryl methyl sites for hydroxylation is 2. The predicted octanol–water partition coefficient (Wildman–Crippen LogP) is 1.44. The number of rotatable bonds is 4. The van der Waals surface area contributed by atoms with Crippen LogP contribution in [0.5, 0.6) is 5.75 Å². The highest BCUT2D eigenvalue weighted by atomic mass is 16.5. The van der Waals surface area contributed by atoms with Crippen molar-refractivity contribution in [1.82, 2.24) is 15.2 Å². The van der Waals surface area contributed by atoms with Crippen LogP contribution in [-0.2, 0) is 9.53 Å². The van der Waals surface area contributed by atoms with Gasteiger partial charge in [0.1, 0.15) is 17.5 Å². The van der Waals surface area contributed by atoms with Crippen LogP contribution in [0.1, 0.15) is 37.1 Å². The summed E-state index contributed by atoms with van der Waals surface area (Å²) in [5.41, 5.74) is 1.10. The summed E-state index contributed by atoms with van der Waals surface area (Å²) < 4.78 is 11.9. The van der Waals surface area contributed by atoms with Crippen LogP contribution in [0.15, 0.2) is 12.1 Å². The number of piperidine rings is 1. The Morgan fingerprint density at radius 3 is 2.55 bits per heavy atom. The van der Waals surface area contributed by atoms with Gasteiger partial charge in [0.25, 0.3) is 5.91 Å². The van der Waals surface area contributed by atoms with Crippen molar-refractivity contribution in [3.8, 4) is 5.75 Å². The van der Waals surface area contributed by atoms with Crippen LogP contribution in [0, 0.1) is 25.7 Å². The van der Waals surface area contributed by atoms with Gasteiger partial charge in [-0.05, 0) is 76.6 Å². The minimum Gasteiger partial charge on any atom is -0.486 e. The average Bonchev–Trinajstić information content (AvgIpc) is 3.12. The van der Waals surface area contributed by atoms with E-state index in [0.717, 1.165) is 43.2 Å². The van der Waals surface area contributed by atoms with E-state index in [1.807, 2.05) is 30.9 Å². The Labute approximate surface area is 172 Å². The maximum atomic E-state index is 13.3. The monoisotopic (exact) mass is 403 g/mol. The molecule has 0 spiro atoms. The fourth-order valence-electron chi connectivity index (χ4n) is 5.27. The molecule has 7 heteroatoms. The quantitative estimate of drug-likeness (QED) is 0.792. The van der Waals surface area contributed by atoms with Crippen molar-refractivity contribution in [2.24, 2.45) is 11.8 Å². The first-order chi connectivity index (χ1) is 13.9. The number of aliphatic hydroxyl groups excluding tert-OH is 1. The molecule has 0 unspecified atom stereocenters. The van der Waals surface area contributed by atoms with Gasteiger partial charge in [-0.25, -0.2) is 0 Å². The number of aromatic nitrogens is 1. The standard InChI is InChI=1S/C22H33N3O4/c1-14-4-5-19(15(2)24-14)29-20-11-17-13-25(12-16(17)10-18(20)26)21(27)22(28-3)6-8-23-9-7-22/h4-5,16-18,20,23,26H,6-13H2,1-3H3/t16-,17+,18+,20+/m0/s1. The van der Waals surface area contributed by atoms with E-state index in [9.17, 15) is 9.90 Å². The number of ether oxygens (including phenoxy) is 2. The first kappa shape index (κ1) is 20.6. The Balaban J connectivity index is 1.42. The van der Waals surface area contributed by atoms with Gasteiger partial charge in [0, 0.05) is 25.9 Å². The average molecular weight is 404 g/mol. The molecule has 1 aliphatic carbocycles. The highest BCUT2D eigenvalue weighted by Gasteiger charge is 2.49. The number of carbonyl (C=O) groups excluding carboxylic acids is 1. The molecule has 2 saturated heterocycles. The third-order valence-electron chi connectivity index (χ3n) is 7.02. The number of hydrogen-bond donors (Lipinski definition) is 2. The van der Waals surface area contributed by atoms with Crippen LogP contribution in [0.25, 0.3) is 0 Å². The van der Waals surface area contributed by atoms with Gasteiger partial charge in [-0.3, -0.25) is 9.78 Å². The second kappa shape index (κ2) is 8.20. The van der Waals surface area contributed by atoms with E-state index in [2.05, 4.69) is 10.3 Å². The molecule has 29 heavy (non-hydrogen) atoms. The number of hydrogen-bond acceptors (Lipinski definition) is 6. The second-order valence-corrected chi connectivity index (χ2v) is 8.91. The summed E-state index contributed by atoms with van der Waals surface area (Å²) in [5.74, 6) is 1.52. The number of amides is 1. The van der Waals surface area contributed by atoms with Crippen molar-refractivity contribution in [3.05, 3.63) is 23.5 Å². The topological polar surface area (TPSA) is 83.9 Å². The first-order valence-corrected chi connectivity index (χ1v) is 10.8. The number of carbonyl (C=O) groups is 1. The first-order valence-electron chi connectivity index (χ1n) is 10.8. The van der Waals surface area contributed by atoms with E-state index in [1.165, 1.54) is 0 Å². The Hall–Kier alpha value is -1.70. The molecule has 1 saturated carbocycles. The molecule has 1 aromatic heterocycles. The fraction of sp³-hybridized carbons (Fsp3) is 0.727. The molecule has 1 aromatic rings. The van der Waals surface area contributed by atoms with Crippen LogP contribution < -0.4 is 10.1 Å². The maximum Gasteiger partial charge on any atom is 0.254 e. The number of likely N-dealkylation sites (tertiary alicyclic amines) is 1. The fourth-order valence-corrected chi connectivity index (χ4v) is 5.27. The van der Waals surface area contributed by atoms with Crippen molar-refractivity contribution in [2.45, 2.75) is 57.3 Å². The Morgan fingerprint density at radius 2 is 1.90 bits per heavy atom. The van der Waals surface area contributed by atoms with E-state index in [4.69, 9.17) is 9.47 Å². The van der Waals surface area contributed by atoms with Crippen LogP contribution in [0.4, 0.5) is 0 Å². The zero-order chi connectivity index (χ0) is 20.6. The number of aliphatic hydroxyl groups is 1. The molecule has 160 valence electrons. The molecule has 4 atom stereocenters. The van der Waals surface area contributed by atoms with E-state index in [0.29, 0.717) is 37.6 Å². The number of pyridine rings is 1. The number of nitrogens with one attached hydrogen (secondary N) is 1. The number of fused-ring (bicyclic) bond motifs is 1. The summed E-state index contributed by atoms with van der Waals surface area (Å²) in [4.78, 5) is 19.7. The molecular weight excluding hydrogens is 370 g/mol. The molecule has 3 aliphatic rings. The summed E-state index contributed by atoms with van der Waals surface area (Å²) >= 11 is 0. The molecule has 0 bridgehead atoms. The largest absolute Gasteiger partial charge is 0.486 e. The van der Waals surface area contributed by atoms with Crippen molar-refractivity contribution >= 4 is 5.91 Å². The van der Waals surface area contributed by atoms with Gasteiger partial charge in [0.15, 0.2) is 0 Å². The molecule has 1 amide bonds.